The molecule has 1 atom stereocenters. The molecule has 1 spiro atoms. The maximum atomic E-state index is 13.0. The molecule has 2 saturated heterocycles. The van der Waals surface area contributed by atoms with Gasteiger partial charge in [-0.05, 0) is 25.0 Å². The van der Waals surface area contributed by atoms with Crippen molar-refractivity contribution in [3.63, 3.8) is 0 Å². The Kier molecular flexibility index (Phi) is 3.78. The lowest BCUT2D eigenvalue weighted by Gasteiger charge is -2.23. The van der Waals surface area contributed by atoms with Gasteiger partial charge in [0.25, 0.3) is 0 Å². The van der Waals surface area contributed by atoms with Gasteiger partial charge < -0.3 is 9.80 Å². The maximum Gasteiger partial charge on any atom is 0.235 e. The number of anilines is 1. The van der Waals surface area contributed by atoms with E-state index in [2.05, 4.69) is 10.1 Å². The van der Waals surface area contributed by atoms with Crippen LogP contribution in [0.3, 0.4) is 0 Å². The Morgan fingerprint density at radius 3 is 2.84 bits per heavy atom. The predicted octanol–water partition coefficient (Wildman–Crippen LogP) is 1.01. The predicted molar refractivity (Wildman–Crippen MR) is 91.7 cm³/mol. The van der Waals surface area contributed by atoms with E-state index in [0.717, 1.165) is 24.2 Å². The Bertz CT molecular complexity index is 803. The van der Waals surface area contributed by atoms with Gasteiger partial charge in [-0.15, -0.1) is 0 Å². The van der Waals surface area contributed by atoms with Crippen LogP contribution in [-0.2, 0) is 23.1 Å². The number of amides is 2. The molecule has 7 heteroatoms. The molecule has 2 amide bonds. The third kappa shape index (κ3) is 2.79. The fraction of sp³-hybridized carbons (Fsp3) is 0.444. The van der Waals surface area contributed by atoms with Gasteiger partial charge >= 0.3 is 0 Å². The second kappa shape index (κ2) is 5.98. The molecule has 2 aromatic rings. The number of carbonyl (C=O) groups excluding carboxylic acids is 2. The molecular formula is C18H21N5O2. The minimum atomic E-state index is -0.435. The van der Waals surface area contributed by atoms with Crippen LogP contribution < -0.4 is 4.90 Å². The molecule has 4 rings (SSSR count). The van der Waals surface area contributed by atoms with E-state index in [9.17, 15) is 9.59 Å². The molecular weight excluding hydrogens is 318 g/mol. The Hall–Kier alpha value is -2.70. The van der Waals surface area contributed by atoms with Crippen LogP contribution >= 0.6 is 0 Å². The van der Waals surface area contributed by atoms with Gasteiger partial charge in [0.15, 0.2) is 0 Å². The van der Waals surface area contributed by atoms with Crippen LogP contribution in [0.25, 0.3) is 0 Å². The second-order valence-electron chi connectivity index (χ2n) is 6.92. The van der Waals surface area contributed by atoms with Gasteiger partial charge in [-0.25, -0.2) is 0 Å². The molecule has 0 unspecified atom stereocenters. The largest absolute Gasteiger partial charge is 0.341 e. The molecule has 0 saturated carbocycles. The van der Waals surface area contributed by atoms with Gasteiger partial charge in [-0.1, -0.05) is 6.07 Å². The molecule has 25 heavy (non-hydrogen) atoms. The van der Waals surface area contributed by atoms with Crippen molar-refractivity contribution in [1.29, 1.82) is 0 Å². The summed E-state index contributed by atoms with van der Waals surface area (Å²) in [6, 6.07) is 5.57. The molecule has 0 aromatic carbocycles. The highest BCUT2D eigenvalue weighted by Crippen LogP contribution is 2.42. The molecule has 7 nitrogen and oxygen atoms in total. The molecule has 2 aliphatic rings. The summed E-state index contributed by atoms with van der Waals surface area (Å²) in [5.74, 6) is 0.164. The fourth-order valence-electron chi connectivity index (χ4n) is 3.85. The van der Waals surface area contributed by atoms with E-state index in [0.29, 0.717) is 19.6 Å². The van der Waals surface area contributed by atoms with Gasteiger partial charge in [0.05, 0.1) is 23.7 Å². The topological polar surface area (TPSA) is 71.3 Å². The smallest absolute Gasteiger partial charge is 0.235 e. The number of carbonyl (C=O) groups is 2. The maximum absolute atomic E-state index is 13.0. The van der Waals surface area contributed by atoms with Crippen LogP contribution in [0.2, 0.25) is 0 Å². The molecule has 2 aromatic heterocycles. The number of hydrogen-bond donors (Lipinski definition) is 0. The Balaban J connectivity index is 1.45. The van der Waals surface area contributed by atoms with Crippen molar-refractivity contribution in [2.24, 2.45) is 12.5 Å². The van der Waals surface area contributed by atoms with Crippen LogP contribution in [0.1, 0.15) is 18.5 Å². The fourth-order valence-corrected chi connectivity index (χ4v) is 3.85. The lowest BCUT2D eigenvalue weighted by Crippen LogP contribution is -2.38. The summed E-state index contributed by atoms with van der Waals surface area (Å²) in [6.07, 6.45) is 7.08. The van der Waals surface area contributed by atoms with Gasteiger partial charge in [0, 0.05) is 44.8 Å². The summed E-state index contributed by atoms with van der Waals surface area (Å²) in [4.78, 5) is 33.4. The summed E-state index contributed by atoms with van der Waals surface area (Å²) in [7, 11) is 1.84. The first-order chi connectivity index (χ1) is 12.1. The van der Waals surface area contributed by atoms with Crippen molar-refractivity contribution < 1.29 is 9.59 Å². The summed E-state index contributed by atoms with van der Waals surface area (Å²) in [5.41, 5.74) is 1.17. The molecule has 0 radical (unpaired) electrons. The van der Waals surface area contributed by atoms with Gasteiger partial charge in [-0.2, -0.15) is 5.10 Å². The highest BCUT2D eigenvalue weighted by molar-refractivity contribution is 6.00. The molecule has 4 heterocycles. The molecule has 0 N–H and O–H groups in total. The van der Waals surface area contributed by atoms with Crippen molar-refractivity contribution in [1.82, 2.24) is 19.7 Å². The normalized spacial score (nSPS) is 23.0. The average molecular weight is 339 g/mol. The number of hydrogen-bond acceptors (Lipinski definition) is 4. The van der Waals surface area contributed by atoms with E-state index in [-0.39, 0.29) is 18.2 Å². The molecule has 130 valence electrons. The quantitative estimate of drug-likeness (QED) is 0.837. The molecule has 2 aliphatic heterocycles. The highest BCUT2D eigenvalue weighted by atomic mass is 16.2. The monoisotopic (exact) mass is 339 g/mol. The SMILES string of the molecule is Cn1cc(N2CC[C@]3(CCN(C(=O)Cc4ccccn4)C3)C2=O)cn1. The van der Waals surface area contributed by atoms with Gasteiger partial charge in [0.2, 0.25) is 11.8 Å². The van der Waals surface area contributed by atoms with Crippen LogP contribution in [0.15, 0.2) is 36.8 Å². The summed E-state index contributed by atoms with van der Waals surface area (Å²) in [5, 5.41) is 4.15. The van der Waals surface area contributed by atoms with Crippen LogP contribution in [0.4, 0.5) is 5.69 Å². The summed E-state index contributed by atoms with van der Waals surface area (Å²) >= 11 is 0. The van der Waals surface area contributed by atoms with Crippen LogP contribution in [0.5, 0.6) is 0 Å². The van der Waals surface area contributed by atoms with Crippen LogP contribution in [0, 0.1) is 5.41 Å². The Labute approximate surface area is 146 Å². The zero-order valence-corrected chi connectivity index (χ0v) is 14.3. The van der Waals surface area contributed by atoms with Crippen molar-refractivity contribution in [3.05, 3.63) is 42.5 Å². The van der Waals surface area contributed by atoms with E-state index in [1.807, 2.05) is 36.3 Å². The number of aryl methyl sites for hydroxylation is 1. The zero-order valence-electron chi connectivity index (χ0n) is 14.3. The zero-order chi connectivity index (χ0) is 17.4. The average Bonchev–Trinajstić information content (AvgIpc) is 3.30. The summed E-state index contributed by atoms with van der Waals surface area (Å²) < 4.78 is 1.70. The van der Waals surface area contributed by atoms with E-state index < -0.39 is 5.41 Å². The molecule has 0 bridgehead atoms. The van der Waals surface area contributed by atoms with Crippen molar-refractivity contribution >= 4 is 17.5 Å². The molecule has 0 aliphatic carbocycles. The van der Waals surface area contributed by atoms with Crippen molar-refractivity contribution in [2.75, 3.05) is 24.5 Å². The van der Waals surface area contributed by atoms with E-state index in [1.54, 1.807) is 22.0 Å². The minimum Gasteiger partial charge on any atom is -0.341 e. The first-order valence-electron chi connectivity index (χ1n) is 8.56. The second-order valence-corrected chi connectivity index (χ2v) is 6.92. The number of likely N-dealkylation sites (tertiary alicyclic amines) is 1. The van der Waals surface area contributed by atoms with Gasteiger partial charge in [0.1, 0.15) is 0 Å². The van der Waals surface area contributed by atoms with Crippen molar-refractivity contribution in [2.45, 2.75) is 19.3 Å². The van der Waals surface area contributed by atoms with E-state index in [4.69, 9.17) is 0 Å². The number of aromatic nitrogens is 3. The number of rotatable bonds is 3. The lowest BCUT2D eigenvalue weighted by molar-refractivity contribution is -0.130. The molecule has 2 fully saturated rings. The summed E-state index contributed by atoms with van der Waals surface area (Å²) in [6.45, 7) is 1.83. The number of nitrogens with zero attached hydrogens (tertiary/aromatic N) is 5. The Morgan fingerprint density at radius 1 is 1.28 bits per heavy atom. The van der Waals surface area contributed by atoms with Gasteiger partial charge in [-0.3, -0.25) is 19.3 Å². The van der Waals surface area contributed by atoms with Crippen LogP contribution in [-0.4, -0.2) is 51.1 Å². The third-order valence-electron chi connectivity index (χ3n) is 5.28. The lowest BCUT2D eigenvalue weighted by atomic mass is 9.85. The highest BCUT2D eigenvalue weighted by Gasteiger charge is 2.52. The Morgan fingerprint density at radius 2 is 2.12 bits per heavy atom. The first kappa shape index (κ1) is 15.8. The first-order valence-corrected chi connectivity index (χ1v) is 8.56. The van der Waals surface area contributed by atoms with Crippen molar-refractivity contribution in [3.8, 4) is 0 Å². The minimum absolute atomic E-state index is 0.0446. The number of pyridine rings is 1. The standard InChI is InChI=1S/C18H21N5O2/c1-21-12-15(11-20-21)23-9-6-18(17(23)25)5-8-22(13-18)16(24)10-14-4-2-3-7-19-14/h2-4,7,11-12H,5-6,8-10,13H2,1H3/t18-/m0/s1. The van der Waals surface area contributed by atoms with E-state index in [1.165, 1.54) is 0 Å². The third-order valence-corrected chi connectivity index (χ3v) is 5.28. The van der Waals surface area contributed by atoms with E-state index >= 15 is 0 Å².